The average molecular weight is 421 g/mol. The van der Waals surface area contributed by atoms with Crippen LogP contribution < -0.4 is 5.32 Å². The normalized spacial score (nSPS) is 16.0. The van der Waals surface area contributed by atoms with Crippen LogP contribution in [-0.4, -0.2) is 31.7 Å². The van der Waals surface area contributed by atoms with Crippen molar-refractivity contribution >= 4 is 27.5 Å². The number of nitrogens with zero attached hydrogens (tertiary/aromatic N) is 1. The standard InChI is InChI=1S/C21H25ClN2O3S/c22-19-9-6-18(7-10-19)16-23-21(25)11-8-17-12-14-24(15-13-17)28(26,27)20-4-2-1-3-5-20/h1-7,9-10,17H,8,11-16H2,(H,23,25). The van der Waals surface area contributed by atoms with Gasteiger partial charge in [-0.15, -0.1) is 0 Å². The molecule has 1 aliphatic rings. The van der Waals surface area contributed by atoms with Crippen molar-refractivity contribution in [3.63, 3.8) is 0 Å². The number of hydrogen-bond acceptors (Lipinski definition) is 3. The first-order valence-electron chi connectivity index (χ1n) is 9.51. The summed E-state index contributed by atoms with van der Waals surface area (Å²) in [5.74, 6) is 0.401. The predicted molar refractivity (Wildman–Crippen MR) is 110 cm³/mol. The number of carbonyl (C=O) groups is 1. The van der Waals surface area contributed by atoms with Gasteiger partial charge in [0, 0.05) is 31.1 Å². The topological polar surface area (TPSA) is 66.5 Å². The van der Waals surface area contributed by atoms with Gasteiger partial charge >= 0.3 is 0 Å². The third-order valence-electron chi connectivity index (χ3n) is 5.14. The van der Waals surface area contributed by atoms with Gasteiger partial charge in [-0.3, -0.25) is 4.79 Å². The van der Waals surface area contributed by atoms with Gasteiger partial charge in [-0.25, -0.2) is 8.42 Å². The first-order chi connectivity index (χ1) is 13.4. The van der Waals surface area contributed by atoms with E-state index in [2.05, 4.69) is 5.32 Å². The highest BCUT2D eigenvalue weighted by Crippen LogP contribution is 2.26. The van der Waals surface area contributed by atoms with E-state index in [0.29, 0.717) is 41.9 Å². The minimum absolute atomic E-state index is 0.0225. The number of rotatable bonds is 7. The summed E-state index contributed by atoms with van der Waals surface area (Å²) in [5, 5.41) is 3.60. The number of hydrogen-bond donors (Lipinski definition) is 1. The van der Waals surface area contributed by atoms with Crippen molar-refractivity contribution in [1.29, 1.82) is 0 Å². The summed E-state index contributed by atoms with van der Waals surface area (Å²) in [4.78, 5) is 12.4. The molecule has 1 fully saturated rings. The Labute approximate surface area is 171 Å². The van der Waals surface area contributed by atoms with Crippen molar-refractivity contribution in [3.8, 4) is 0 Å². The van der Waals surface area contributed by atoms with Crippen molar-refractivity contribution in [2.45, 2.75) is 37.1 Å². The van der Waals surface area contributed by atoms with Gasteiger partial charge in [0.15, 0.2) is 0 Å². The quantitative estimate of drug-likeness (QED) is 0.740. The zero-order chi connectivity index (χ0) is 20.0. The lowest BCUT2D eigenvalue weighted by molar-refractivity contribution is -0.121. The molecule has 0 unspecified atom stereocenters. The van der Waals surface area contributed by atoms with Gasteiger partial charge in [0.1, 0.15) is 0 Å². The molecule has 1 amide bonds. The van der Waals surface area contributed by atoms with Crippen LogP contribution in [0.4, 0.5) is 0 Å². The Kier molecular flexibility index (Phi) is 7.10. The average Bonchev–Trinajstić information content (AvgIpc) is 2.73. The third kappa shape index (κ3) is 5.56. The summed E-state index contributed by atoms with van der Waals surface area (Å²) in [6.07, 6.45) is 2.82. The van der Waals surface area contributed by atoms with Gasteiger partial charge in [0.05, 0.1) is 4.90 Å². The molecule has 3 rings (SSSR count). The molecule has 1 N–H and O–H groups in total. The van der Waals surface area contributed by atoms with Crippen LogP contribution in [0.1, 0.15) is 31.2 Å². The summed E-state index contributed by atoms with van der Waals surface area (Å²) >= 11 is 5.85. The van der Waals surface area contributed by atoms with Gasteiger partial charge in [-0.2, -0.15) is 4.31 Å². The summed E-state index contributed by atoms with van der Waals surface area (Å²) in [7, 11) is -3.41. The van der Waals surface area contributed by atoms with Crippen LogP contribution in [0, 0.1) is 5.92 Å². The Balaban J connectivity index is 1.40. The van der Waals surface area contributed by atoms with Crippen LogP contribution in [0.2, 0.25) is 5.02 Å². The van der Waals surface area contributed by atoms with E-state index >= 15 is 0 Å². The minimum Gasteiger partial charge on any atom is -0.352 e. The molecule has 5 nitrogen and oxygen atoms in total. The minimum atomic E-state index is -3.41. The van der Waals surface area contributed by atoms with Crippen LogP contribution in [0.3, 0.4) is 0 Å². The monoisotopic (exact) mass is 420 g/mol. The smallest absolute Gasteiger partial charge is 0.243 e. The Morgan fingerprint density at radius 1 is 1.04 bits per heavy atom. The van der Waals surface area contributed by atoms with E-state index in [9.17, 15) is 13.2 Å². The second-order valence-electron chi connectivity index (χ2n) is 7.10. The molecule has 1 heterocycles. The van der Waals surface area contributed by atoms with Crippen LogP contribution in [0.5, 0.6) is 0 Å². The van der Waals surface area contributed by atoms with E-state index in [4.69, 9.17) is 11.6 Å². The molecule has 1 aliphatic heterocycles. The van der Waals surface area contributed by atoms with E-state index in [-0.39, 0.29) is 5.91 Å². The molecule has 2 aromatic carbocycles. The fourth-order valence-corrected chi connectivity index (χ4v) is 5.02. The summed E-state index contributed by atoms with van der Waals surface area (Å²) in [6.45, 7) is 1.51. The molecule has 0 radical (unpaired) electrons. The Morgan fingerprint density at radius 2 is 1.68 bits per heavy atom. The van der Waals surface area contributed by atoms with Crippen molar-refractivity contribution in [2.24, 2.45) is 5.92 Å². The number of sulfonamides is 1. The van der Waals surface area contributed by atoms with E-state index in [1.54, 1.807) is 40.7 Å². The number of halogens is 1. The molecule has 0 aliphatic carbocycles. The zero-order valence-corrected chi connectivity index (χ0v) is 17.3. The molecule has 28 heavy (non-hydrogen) atoms. The van der Waals surface area contributed by atoms with Gasteiger partial charge in [0.25, 0.3) is 0 Å². The maximum absolute atomic E-state index is 12.7. The zero-order valence-electron chi connectivity index (χ0n) is 15.7. The van der Waals surface area contributed by atoms with Crippen LogP contribution >= 0.6 is 11.6 Å². The lowest BCUT2D eigenvalue weighted by atomic mass is 9.93. The van der Waals surface area contributed by atoms with Crippen LogP contribution in [0.15, 0.2) is 59.5 Å². The highest BCUT2D eigenvalue weighted by Gasteiger charge is 2.29. The van der Waals surface area contributed by atoms with Crippen LogP contribution in [-0.2, 0) is 21.4 Å². The van der Waals surface area contributed by atoms with Crippen molar-refractivity contribution < 1.29 is 13.2 Å². The van der Waals surface area contributed by atoms with E-state index < -0.39 is 10.0 Å². The third-order valence-corrected chi connectivity index (χ3v) is 7.30. The van der Waals surface area contributed by atoms with Crippen LogP contribution in [0.25, 0.3) is 0 Å². The largest absolute Gasteiger partial charge is 0.352 e. The Bertz CT molecular complexity index is 878. The molecule has 7 heteroatoms. The molecule has 0 bridgehead atoms. The maximum atomic E-state index is 12.7. The fraction of sp³-hybridized carbons (Fsp3) is 0.381. The van der Waals surface area contributed by atoms with Gasteiger partial charge in [-0.05, 0) is 55.0 Å². The Morgan fingerprint density at radius 3 is 2.32 bits per heavy atom. The molecular formula is C21H25ClN2O3S. The Hall–Kier alpha value is -1.89. The first-order valence-corrected chi connectivity index (χ1v) is 11.3. The molecule has 0 atom stereocenters. The van der Waals surface area contributed by atoms with Gasteiger partial charge in [0.2, 0.25) is 15.9 Å². The molecule has 1 saturated heterocycles. The molecule has 0 aromatic heterocycles. The predicted octanol–water partition coefficient (Wildman–Crippen LogP) is 3.84. The van der Waals surface area contributed by atoms with E-state index in [1.807, 2.05) is 18.2 Å². The number of amides is 1. The summed E-state index contributed by atoms with van der Waals surface area (Å²) in [6, 6.07) is 15.9. The molecule has 0 spiro atoms. The van der Waals surface area contributed by atoms with Crippen molar-refractivity contribution in [2.75, 3.05) is 13.1 Å². The first kappa shape index (κ1) is 20.8. The molecule has 2 aromatic rings. The van der Waals surface area contributed by atoms with Crippen molar-refractivity contribution in [3.05, 3.63) is 65.2 Å². The molecule has 0 saturated carbocycles. The second kappa shape index (κ2) is 9.54. The maximum Gasteiger partial charge on any atom is 0.243 e. The number of piperidine rings is 1. The molecular weight excluding hydrogens is 396 g/mol. The SMILES string of the molecule is O=C(CCC1CCN(S(=O)(=O)c2ccccc2)CC1)NCc1ccc(Cl)cc1. The lowest BCUT2D eigenvalue weighted by Crippen LogP contribution is -2.38. The van der Waals surface area contributed by atoms with Crippen molar-refractivity contribution in [1.82, 2.24) is 9.62 Å². The summed E-state index contributed by atoms with van der Waals surface area (Å²) in [5.41, 5.74) is 1.01. The van der Waals surface area contributed by atoms with Gasteiger partial charge in [-0.1, -0.05) is 41.9 Å². The van der Waals surface area contributed by atoms with E-state index in [1.165, 1.54) is 0 Å². The summed E-state index contributed by atoms with van der Waals surface area (Å²) < 4.78 is 26.9. The highest BCUT2D eigenvalue weighted by molar-refractivity contribution is 7.89. The highest BCUT2D eigenvalue weighted by atomic mass is 35.5. The second-order valence-corrected chi connectivity index (χ2v) is 9.48. The fourth-order valence-electron chi connectivity index (χ4n) is 3.41. The number of nitrogens with one attached hydrogen (secondary N) is 1. The number of carbonyl (C=O) groups excluding carboxylic acids is 1. The van der Waals surface area contributed by atoms with Gasteiger partial charge < -0.3 is 5.32 Å². The van der Waals surface area contributed by atoms with E-state index in [0.717, 1.165) is 24.8 Å². The number of benzene rings is 2. The lowest BCUT2D eigenvalue weighted by Gasteiger charge is -2.31. The molecule has 150 valence electrons.